The summed E-state index contributed by atoms with van der Waals surface area (Å²) < 4.78 is 16.4. The molecule has 3 N–H and O–H groups in total. The van der Waals surface area contributed by atoms with E-state index in [9.17, 15) is 29.7 Å². The Morgan fingerprint density at radius 2 is 1.92 bits per heavy atom. The zero-order valence-electron chi connectivity index (χ0n) is 23.8. The lowest BCUT2D eigenvalue weighted by Crippen LogP contribution is -2.42. The van der Waals surface area contributed by atoms with Crippen molar-refractivity contribution in [3.8, 4) is 0 Å². The SMILES string of the molecule is CC[C@@H](O)[C@@H](C)C(=O)OC[C@@H](C)/C=C/C=C(\C)[C@H]1OC(=O)C[C@@H](O)CC[C@](C)(O)[C@@H](OC(C)=O)/C=C/[C@@H]1C. The van der Waals surface area contributed by atoms with Gasteiger partial charge in [0.15, 0.2) is 0 Å². The molecular weight excluding hydrogens is 492 g/mol. The van der Waals surface area contributed by atoms with Gasteiger partial charge in [-0.1, -0.05) is 45.1 Å². The molecule has 0 amide bonds. The fourth-order valence-electron chi connectivity index (χ4n) is 4.03. The van der Waals surface area contributed by atoms with Gasteiger partial charge >= 0.3 is 17.9 Å². The molecule has 0 aromatic rings. The summed E-state index contributed by atoms with van der Waals surface area (Å²) in [5, 5.41) is 31.0. The number of ether oxygens (including phenoxy) is 3. The van der Waals surface area contributed by atoms with E-state index in [1.165, 1.54) is 13.8 Å². The summed E-state index contributed by atoms with van der Waals surface area (Å²) in [5.74, 6) is -2.56. The van der Waals surface area contributed by atoms with Crippen LogP contribution in [0.1, 0.15) is 74.1 Å². The quantitative estimate of drug-likeness (QED) is 0.174. The molecule has 0 aromatic heterocycles. The van der Waals surface area contributed by atoms with Gasteiger partial charge in [0.2, 0.25) is 0 Å². The van der Waals surface area contributed by atoms with E-state index in [2.05, 4.69) is 0 Å². The van der Waals surface area contributed by atoms with Crippen LogP contribution in [0, 0.1) is 17.8 Å². The minimum atomic E-state index is -1.43. The fraction of sp³-hybridized carbons (Fsp3) is 0.690. The molecule has 1 aliphatic heterocycles. The second-order valence-corrected chi connectivity index (χ2v) is 10.6. The number of rotatable bonds is 9. The number of aliphatic hydroxyl groups is 3. The molecule has 0 unspecified atom stereocenters. The second kappa shape index (κ2) is 15.8. The van der Waals surface area contributed by atoms with Gasteiger partial charge in [-0.2, -0.15) is 0 Å². The van der Waals surface area contributed by atoms with Crippen LogP contribution in [-0.2, 0) is 28.6 Å². The van der Waals surface area contributed by atoms with Crippen molar-refractivity contribution >= 4 is 17.9 Å². The molecule has 0 radical (unpaired) electrons. The minimum Gasteiger partial charge on any atom is -0.465 e. The molecule has 8 atom stereocenters. The Morgan fingerprint density at radius 3 is 2.53 bits per heavy atom. The first kappa shape index (κ1) is 33.5. The number of aliphatic hydroxyl groups excluding tert-OH is 2. The Kier molecular flexibility index (Phi) is 14.0. The zero-order valence-corrected chi connectivity index (χ0v) is 23.8. The van der Waals surface area contributed by atoms with E-state index in [4.69, 9.17) is 14.2 Å². The van der Waals surface area contributed by atoms with Crippen molar-refractivity contribution in [2.75, 3.05) is 6.61 Å². The van der Waals surface area contributed by atoms with E-state index in [-0.39, 0.29) is 37.7 Å². The molecule has 9 nitrogen and oxygen atoms in total. The van der Waals surface area contributed by atoms with Gasteiger partial charge in [-0.25, -0.2) is 0 Å². The first-order chi connectivity index (χ1) is 17.7. The average Bonchev–Trinajstić information content (AvgIpc) is 2.84. The second-order valence-electron chi connectivity index (χ2n) is 10.6. The minimum absolute atomic E-state index is 0.0907. The number of hydrogen-bond acceptors (Lipinski definition) is 9. The molecule has 1 heterocycles. The van der Waals surface area contributed by atoms with Crippen LogP contribution in [0.25, 0.3) is 0 Å². The number of carbonyl (C=O) groups excluding carboxylic acids is 3. The van der Waals surface area contributed by atoms with Crippen LogP contribution in [0.2, 0.25) is 0 Å². The third-order valence-corrected chi connectivity index (χ3v) is 6.72. The molecule has 1 aliphatic rings. The Labute approximate surface area is 226 Å². The molecule has 0 saturated heterocycles. The lowest BCUT2D eigenvalue weighted by atomic mass is 9.88. The van der Waals surface area contributed by atoms with E-state index in [1.807, 2.05) is 26.8 Å². The highest BCUT2D eigenvalue weighted by atomic mass is 16.6. The molecule has 0 bridgehead atoms. The molecule has 0 saturated carbocycles. The van der Waals surface area contributed by atoms with Crippen molar-refractivity contribution in [1.29, 1.82) is 0 Å². The maximum absolute atomic E-state index is 12.5. The van der Waals surface area contributed by atoms with Gasteiger partial charge in [0.25, 0.3) is 0 Å². The normalized spacial score (nSPS) is 30.8. The molecular formula is C29H46O9. The molecule has 216 valence electrons. The Morgan fingerprint density at radius 1 is 1.26 bits per heavy atom. The first-order valence-electron chi connectivity index (χ1n) is 13.3. The highest BCUT2D eigenvalue weighted by Gasteiger charge is 2.35. The van der Waals surface area contributed by atoms with Gasteiger partial charge in [0, 0.05) is 18.8 Å². The molecule has 0 fully saturated rings. The van der Waals surface area contributed by atoms with Gasteiger partial charge in [-0.3, -0.25) is 14.4 Å². The standard InChI is InChI=1S/C29H46O9/c1-8-24(32)21(5)28(34)36-17-18(2)10-9-11-19(3)27-20(4)12-13-25(37-22(6)30)29(7,35)15-14-23(31)16-26(33)38-27/h9-13,18,20-21,23-25,27,31-32,35H,8,14-17H2,1-7H3/b10-9+,13-12+,19-11+/t18-,20-,21+,23-,24+,25-,27+,29-/m0/s1. The van der Waals surface area contributed by atoms with Crippen molar-refractivity contribution in [2.45, 2.75) is 104 Å². The number of esters is 3. The Balaban J connectivity index is 3.03. The van der Waals surface area contributed by atoms with Crippen LogP contribution in [0.3, 0.4) is 0 Å². The molecule has 0 spiro atoms. The van der Waals surface area contributed by atoms with E-state index in [0.29, 0.717) is 6.42 Å². The topological polar surface area (TPSA) is 140 Å². The maximum atomic E-state index is 12.5. The van der Waals surface area contributed by atoms with Crippen molar-refractivity contribution < 1.29 is 43.9 Å². The van der Waals surface area contributed by atoms with Gasteiger partial charge in [-0.15, -0.1) is 0 Å². The molecule has 9 heteroatoms. The fourth-order valence-corrected chi connectivity index (χ4v) is 4.03. The average molecular weight is 539 g/mol. The first-order valence-corrected chi connectivity index (χ1v) is 13.3. The van der Waals surface area contributed by atoms with Crippen LogP contribution >= 0.6 is 0 Å². The van der Waals surface area contributed by atoms with E-state index in [0.717, 1.165) is 5.57 Å². The number of carbonyl (C=O) groups is 3. The third kappa shape index (κ3) is 11.5. The van der Waals surface area contributed by atoms with Crippen LogP contribution in [0.5, 0.6) is 0 Å². The summed E-state index contributed by atoms with van der Waals surface area (Å²) in [6, 6.07) is 0. The summed E-state index contributed by atoms with van der Waals surface area (Å²) >= 11 is 0. The van der Waals surface area contributed by atoms with Crippen LogP contribution in [0.15, 0.2) is 36.0 Å². The van der Waals surface area contributed by atoms with Crippen LogP contribution in [0.4, 0.5) is 0 Å². The van der Waals surface area contributed by atoms with E-state index in [1.54, 1.807) is 38.2 Å². The summed E-state index contributed by atoms with van der Waals surface area (Å²) in [6.07, 6.45) is 5.93. The van der Waals surface area contributed by atoms with Crippen molar-refractivity contribution in [1.82, 2.24) is 0 Å². The lowest BCUT2D eigenvalue weighted by molar-refractivity contribution is -0.157. The Hall–Kier alpha value is -2.49. The summed E-state index contributed by atoms with van der Waals surface area (Å²) in [7, 11) is 0. The third-order valence-electron chi connectivity index (χ3n) is 6.72. The lowest BCUT2D eigenvalue weighted by Gasteiger charge is -2.32. The maximum Gasteiger partial charge on any atom is 0.311 e. The Bertz CT molecular complexity index is 873. The van der Waals surface area contributed by atoms with Crippen molar-refractivity contribution in [3.63, 3.8) is 0 Å². The largest absolute Gasteiger partial charge is 0.465 e. The zero-order chi connectivity index (χ0) is 29.0. The monoisotopic (exact) mass is 538 g/mol. The van der Waals surface area contributed by atoms with Crippen molar-refractivity contribution in [3.05, 3.63) is 36.0 Å². The number of cyclic esters (lactones) is 1. The number of hydrogen-bond donors (Lipinski definition) is 3. The van der Waals surface area contributed by atoms with Crippen LogP contribution in [-0.4, -0.2) is 69.9 Å². The predicted molar refractivity (Wildman–Crippen MR) is 143 cm³/mol. The molecule has 38 heavy (non-hydrogen) atoms. The summed E-state index contributed by atoms with van der Waals surface area (Å²) in [5.41, 5.74) is -0.695. The van der Waals surface area contributed by atoms with Gasteiger partial charge < -0.3 is 29.5 Å². The highest BCUT2D eigenvalue weighted by Crippen LogP contribution is 2.27. The van der Waals surface area contributed by atoms with Crippen molar-refractivity contribution in [2.24, 2.45) is 17.8 Å². The molecule has 0 aromatic carbocycles. The van der Waals surface area contributed by atoms with E-state index < -0.39 is 53.8 Å². The molecule has 1 rings (SSSR count). The van der Waals surface area contributed by atoms with Crippen LogP contribution < -0.4 is 0 Å². The van der Waals surface area contributed by atoms with E-state index >= 15 is 0 Å². The predicted octanol–water partition coefficient (Wildman–Crippen LogP) is 3.41. The number of allylic oxidation sites excluding steroid dienone is 2. The summed E-state index contributed by atoms with van der Waals surface area (Å²) in [6.45, 7) is 11.9. The van der Waals surface area contributed by atoms with Gasteiger partial charge in [0.05, 0.1) is 31.2 Å². The van der Waals surface area contributed by atoms with Gasteiger partial charge in [-0.05, 0) is 51.7 Å². The summed E-state index contributed by atoms with van der Waals surface area (Å²) in [4.78, 5) is 36.2. The highest BCUT2D eigenvalue weighted by molar-refractivity contribution is 5.72. The smallest absolute Gasteiger partial charge is 0.311 e. The van der Waals surface area contributed by atoms with Gasteiger partial charge in [0.1, 0.15) is 17.8 Å². The molecule has 0 aliphatic carbocycles.